The Morgan fingerprint density at radius 1 is 1.35 bits per heavy atom. The van der Waals surface area contributed by atoms with Crippen molar-refractivity contribution in [1.82, 2.24) is 5.16 Å². The van der Waals surface area contributed by atoms with Crippen LogP contribution in [0.2, 0.25) is 5.02 Å². The van der Waals surface area contributed by atoms with Gasteiger partial charge >= 0.3 is 0 Å². The van der Waals surface area contributed by atoms with Crippen molar-refractivity contribution < 1.29 is 9.26 Å². The van der Waals surface area contributed by atoms with Crippen molar-refractivity contribution in [2.24, 2.45) is 0 Å². The molecule has 0 fully saturated rings. The van der Waals surface area contributed by atoms with E-state index in [2.05, 4.69) is 5.16 Å². The highest BCUT2D eigenvalue weighted by Gasteiger charge is 2.21. The van der Waals surface area contributed by atoms with Crippen molar-refractivity contribution >= 4 is 28.8 Å². The molecule has 20 heavy (non-hydrogen) atoms. The first-order valence-electron chi connectivity index (χ1n) is 5.82. The van der Waals surface area contributed by atoms with Gasteiger partial charge in [-0.3, -0.25) is 0 Å². The van der Waals surface area contributed by atoms with Crippen molar-refractivity contribution in [2.75, 3.05) is 12.8 Å². The number of hydrogen-bond donors (Lipinski definition) is 1. The summed E-state index contributed by atoms with van der Waals surface area (Å²) >= 11 is 7.65. The lowest BCUT2D eigenvalue weighted by molar-refractivity contribution is 0.416. The number of ether oxygens (including phenoxy) is 1. The molecule has 0 atom stereocenters. The minimum atomic E-state index is 0.312. The lowest BCUT2D eigenvalue weighted by atomic mass is 10.0. The Morgan fingerprint density at radius 2 is 2.20 bits per heavy atom. The highest BCUT2D eigenvalue weighted by Crippen LogP contribution is 2.42. The molecule has 0 unspecified atom stereocenters. The molecule has 2 aromatic heterocycles. The van der Waals surface area contributed by atoms with Gasteiger partial charge in [-0.1, -0.05) is 16.8 Å². The number of nitrogens with two attached hydrogens (primary N) is 1. The zero-order chi connectivity index (χ0) is 14.1. The zero-order valence-corrected chi connectivity index (χ0v) is 12.2. The second-order valence-electron chi connectivity index (χ2n) is 4.13. The third-order valence-electron chi connectivity index (χ3n) is 2.93. The Labute approximate surface area is 124 Å². The molecule has 0 amide bonds. The van der Waals surface area contributed by atoms with Crippen LogP contribution < -0.4 is 10.5 Å². The van der Waals surface area contributed by atoms with Crippen LogP contribution >= 0.6 is 22.9 Å². The number of aromatic nitrogens is 1. The van der Waals surface area contributed by atoms with Crippen molar-refractivity contribution in [1.29, 1.82) is 0 Å². The standard InChI is InChI=1S/C14H11ClN2O2S/c1-18-11-3-2-9(15)6-10(11)12-13(19-17-14(12)16)8-4-5-20-7-8/h2-7H,1H3,(H2,16,17). The number of halogens is 1. The first-order chi connectivity index (χ1) is 9.70. The Balaban J connectivity index is 2.25. The fourth-order valence-electron chi connectivity index (χ4n) is 2.03. The zero-order valence-electron chi connectivity index (χ0n) is 10.6. The molecule has 3 aromatic rings. The maximum absolute atomic E-state index is 6.07. The molecule has 0 aliphatic rings. The third-order valence-corrected chi connectivity index (χ3v) is 3.85. The van der Waals surface area contributed by atoms with Crippen LogP contribution in [0.5, 0.6) is 5.75 Å². The van der Waals surface area contributed by atoms with E-state index in [-0.39, 0.29) is 0 Å². The number of methoxy groups -OCH3 is 1. The average Bonchev–Trinajstić information content (AvgIpc) is 3.07. The number of nitrogen functional groups attached to an aromatic ring is 1. The number of nitrogens with zero attached hydrogens (tertiary/aromatic N) is 1. The van der Waals surface area contributed by atoms with Crippen LogP contribution in [0, 0.1) is 0 Å². The summed E-state index contributed by atoms with van der Waals surface area (Å²) in [4.78, 5) is 0. The van der Waals surface area contributed by atoms with E-state index in [1.54, 1.807) is 36.6 Å². The summed E-state index contributed by atoms with van der Waals surface area (Å²) in [5.41, 5.74) is 8.34. The van der Waals surface area contributed by atoms with Crippen molar-refractivity contribution in [3.8, 4) is 28.2 Å². The molecule has 3 rings (SSSR count). The van der Waals surface area contributed by atoms with Crippen molar-refractivity contribution in [3.05, 3.63) is 40.0 Å². The van der Waals surface area contributed by atoms with Gasteiger partial charge in [0, 0.05) is 21.5 Å². The topological polar surface area (TPSA) is 61.3 Å². The second kappa shape index (κ2) is 5.19. The number of thiophene rings is 1. The fraction of sp³-hybridized carbons (Fsp3) is 0.0714. The molecule has 1 aromatic carbocycles. The van der Waals surface area contributed by atoms with Gasteiger partial charge in [0.05, 0.1) is 12.7 Å². The molecular weight excluding hydrogens is 296 g/mol. The van der Waals surface area contributed by atoms with Crippen molar-refractivity contribution in [2.45, 2.75) is 0 Å². The molecule has 0 aliphatic heterocycles. The minimum absolute atomic E-state index is 0.312. The predicted molar refractivity (Wildman–Crippen MR) is 81.2 cm³/mol. The number of anilines is 1. The van der Waals surface area contributed by atoms with Crippen LogP contribution in [-0.2, 0) is 0 Å². The highest BCUT2D eigenvalue weighted by molar-refractivity contribution is 7.08. The molecule has 2 heterocycles. The van der Waals surface area contributed by atoms with E-state index in [4.69, 9.17) is 26.6 Å². The number of rotatable bonds is 3. The van der Waals surface area contributed by atoms with Gasteiger partial charge in [0.1, 0.15) is 5.75 Å². The Bertz CT molecular complexity index is 738. The van der Waals surface area contributed by atoms with Gasteiger partial charge in [-0.15, -0.1) is 0 Å². The van der Waals surface area contributed by atoms with Gasteiger partial charge < -0.3 is 15.0 Å². The summed E-state index contributed by atoms with van der Waals surface area (Å²) in [5.74, 6) is 1.59. The summed E-state index contributed by atoms with van der Waals surface area (Å²) < 4.78 is 10.7. The molecule has 0 spiro atoms. The maximum atomic E-state index is 6.07. The third kappa shape index (κ3) is 2.15. The molecule has 0 aliphatic carbocycles. The van der Waals surface area contributed by atoms with Crippen LogP contribution in [0.3, 0.4) is 0 Å². The molecule has 6 heteroatoms. The van der Waals surface area contributed by atoms with Gasteiger partial charge in [-0.2, -0.15) is 11.3 Å². The lowest BCUT2D eigenvalue weighted by Crippen LogP contribution is -1.92. The summed E-state index contributed by atoms with van der Waals surface area (Å²) in [7, 11) is 1.60. The normalized spacial score (nSPS) is 10.7. The van der Waals surface area contributed by atoms with Gasteiger partial charge in [0.25, 0.3) is 0 Å². The SMILES string of the molecule is COc1ccc(Cl)cc1-c1c(N)noc1-c1ccsc1. The Morgan fingerprint density at radius 3 is 2.90 bits per heavy atom. The molecule has 0 saturated carbocycles. The fourth-order valence-corrected chi connectivity index (χ4v) is 2.84. The summed E-state index contributed by atoms with van der Waals surface area (Å²) in [6.45, 7) is 0. The van der Waals surface area contributed by atoms with E-state index in [0.717, 1.165) is 11.1 Å². The Hall–Kier alpha value is -1.98. The van der Waals surface area contributed by atoms with E-state index in [1.165, 1.54) is 0 Å². The van der Waals surface area contributed by atoms with Crippen LogP contribution in [0.4, 0.5) is 5.82 Å². The summed E-state index contributed by atoms with van der Waals surface area (Å²) in [5, 5.41) is 8.40. The first kappa shape index (κ1) is 13.0. The molecule has 4 nitrogen and oxygen atoms in total. The van der Waals surface area contributed by atoms with Gasteiger partial charge in [-0.05, 0) is 29.6 Å². The number of hydrogen-bond acceptors (Lipinski definition) is 5. The predicted octanol–water partition coefficient (Wildman–Crippen LogP) is 4.31. The summed E-state index contributed by atoms with van der Waals surface area (Å²) in [6, 6.07) is 7.30. The van der Waals surface area contributed by atoms with Crippen molar-refractivity contribution in [3.63, 3.8) is 0 Å². The molecule has 0 bridgehead atoms. The van der Waals surface area contributed by atoms with E-state index >= 15 is 0 Å². The van der Waals surface area contributed by atoms with Gasteiger partial charge in [-0.25, -0.2) is 0 Å². The van der Waals surface area contributed by atoms with E-state index in [0.29, 0.717) is 27.9 Å². The molecule has 0 saturated heterocycles. The highest BCUT2D eigenvalue weighted by atomic mass is 35.5. The average molecular weight is 307 g/mol. The van der Waals surface area contributed by atoms with E-state index < -0.39 is 0 Å². The summed E-state index contributed by atoms with van der Waals surface area (Å²) in [6.07, 6.45) is 0. The molecular formula is C14H11ClN2O2S. The van der Waals surface area contributed by atoms with E-state index in [1.807, 2.05) is 16.8 Å². The quantitative estimate of drug-likeness (QED) is 0.783. The Kier molecular flexibility index (Phi) is 3.38. The lowest BCUT2D eigenvalue weighted by Gasteiger charge is -2.08. The monoisotopic (exact) mass is 306 g/mol. The molecule has 102 valence electrons. The second-order valence-corrected chi connectivity index (χ2v) is 5.35. The minimum Gasteiger partial charge on any atom is -0.496 e. The number of benzene rings is 1. The molecule has 0 radical (unpaired) electrons. The maximum Gasteiger partial charge on any atom is 0.177 e. The van der Waals surface area contributed by atoms with Crippen LogP contribution in [0.1, 0.15) is 0 Å². The van der Waals surface area contributed by atoms with Gasteiger partial charge in [0.15, 0.2) is 11.6 Å². The first-order valence-corrected chi connectivity index (χ1v) is 7.14. The molecule has 2 N–H and O–H groups in total. The largest absolute Gasteiger partial charge is 0.496 e. The smallest absolute Gasteiger partial charge is 0.177 e. The van der Waals surface area contributed by atoms with E-state index in [9.17, 15) is 0 Å². The van der Waals surface area contributed by atoms with Crippen LogP contribution in [-0.4, -0.2) is 12.3 Å². The van der Waals surface area contributed by atoms with Crippen LogP contribution in [0.15, 0.2) is 39.5 Å². The van der Waals surface area contributed by atoms with Gasteiger partial charge in [0.2, 0.25) is 0 Å². The van der Waals surface area contributed by atoms with Crippen LogP contribution in [0.25, 0.3) is 22.5 Å².